The van der Waals surface area contributed by atoms with Crippen molar-refractivity contribution in [2.24, 2.45) is 0 Å². The molecule has 0 bridgehead atoms. The van der Waals surface area contributed by atoms with Gasteiger partial charge in [0, 0.05) is 5.69 Å². The van der Waals surface area contributed by atoms with Crippen LogP contribution in [0, 0.1) is 5.82 Å². The molecule has 0 saturated carbocycles. The zero-order chi connectivity index (χ0) is 22.3. The highest BCUT2D eigenvalue weighted by atomic mass is 19.4. The van der Waals surface area contributed by atoms with Crippen LogP contribution in [0.5, 0.6) is 0 Å². The van der Waals surface area contributed by atoms with Crippen molar-refractivity contribution in [3.8, 4) is 11.4 Å². The average Bonchev–Trinajstić information content (AvgIpc) is 3.10. The number of anilines is 1. The minimum atomic E-state index is -4.87. The summed E-state index contributed by atoms with van der Waals surface area (Å²) in [7, 11) is 0. The summed E-state index contributed by atoms with van der Waals surface area (Å²) in [5, 5.41) is 3.13. The monoisotopic (exact) mass is 431 g/mol. The van der Waals surface area contributed by atoms with Crippen LogP contribution < -0.4 is 4.90 Å². The Balaban J connectivity index is 1.92. The molecule has 30 heavy (non-hydrogen) atoms. The highest BCUT2D eigenvalue weighted by molar-refractivity contribution is 6.01. The van der Waals surface area contributed by atoms with E-state index in [-0.39, 0.29) is 24.5 Å². The van der Waals surface area contributed by atoms with E-state index in [0.717, 1.165) is 17.0 Å². The smallest absolute Gasteiger partial charge is 0.458 e. The summed E-state index contributed by atoms with van der Waals surface area (Å²) in [5.74, 6) is -4.59. The minimum Gasteiger partial charge on any atom is -0.458 e. The van der Waals surface area contributed by atoms with Crippen LogP contribution in [0.15, 0.2) is 22.7 Å². The van der Waals surface area contributed by atoms with Gasteiger partial charge in [0.2, 0.25) is 5.82 Å². The van der Waals surface area contributed by atoms with Crippen LogP contribution in [-0.4, -0.2) is 46.9 Å². The van der Waals surface area contributed by atoms with Gasteiger partial charge < -0.3 is 14.0 Å². The molecule has 1 aromatic carbocycles. The number of hydrogen-bond acceptors (Lipinski definition) is 7. The Morgan fingerprint density at radius 3 is 2.53 bits per heavy atom. The third kappa shape index (κ3) is 4.58. The number of ether oxygens (including phenoxy) is 2. The Morgan fingerprint density at radius 1 is 1.27 bits per heavy atom. The molecule has 8 nitrogen and oxygen atoms in total. The quantitative estimate of drug-likeness (QED) is 0.545. The zero-order valence-electron chi connectivity index (χ0n) is 16.1. The molecule has 0 aliphatic carbocycles. The van der Waals surface area contributed by atoms with Gasteiger partial charge in [-0.15, -0.1) is 0 Å². The Labute approximate surface area is 167 Å². The van der Waals surface area contributed by atoms with Gasteiger partial charge in [0.25, 0.3) is 5.91 Å². The summed E-state index contributed by atoms with van der Waals surface area (Å²) in [4.78, 5) is 29.0. The predicted octanol–water partition coefficient (Wildman–Crippen LogP) is 2.97. The van der Waals surface area contributed by atoms with Gasteiger partial charge in [-0.3, -0.25) is 9.69 Å². The molecule has 1 aliphatic heterocycles. The number of esters is 1. The summed E-state index contributed by atoms with van der Waals surface area (Å²) < 4.78 is 67.0. The van der Waals surface area contributed by atoms with Crippen LogP contribution in [-0.2, 0) is 25.2 Å². The van der Waals surface area contributed by atoms with Gasteiger partial charge >= 0.3 is 18.0 Å². The largest absolute Gasteiger partial charge is 0.471 e. The van der Waals surface area contributed by atoms with E-state index in [9.17, 15) is 27.2 Å². The molecule has 3 rings (SSSR count). The Kier molecular flexibility index (Phi) is 5.54. The Hall–Kier alpha value is -3.02. The second kappa shape index (κ2) is 7.67. The maximum Gasteiger partial charge on any atom is 0.471 e. The normalized spacial score (nSPS) is 17.9. The van der Waals surface area contributed by atoms with Crippen molar-refractivity contribution < 1.29 is 41.1 Å². The number of nitrogens with zero attached hydrogens (tertiary/aromatic N) is 3. The van der Waals surface area contributed by atoms with Gasteiger partial charge in [-0.2, -0.15) is 18.2 Å². The predicted molar refractivity (Wildman–Crippen MR) is 92.6 cm³/mol. The van der Waals surface area contributed by atoms with Gasteiger partial charge in [-0.05, 0) is 39.0 Å². The fourth-order valence-corrected chi connectivity index (χ4v) is 2.73. The number of benzene rings is 1. The maximum atomic E-state index is 14.6. The minimum absolute atomic E-state index is 0.0000473. The lowest BCUT2D eigenvalue weighted by molar-refractivity contribution is -0.161. The van der Waals surface area contributed by atoms with E-state index in [0.29, 0.717) is 0 Å². The molecule has 0 radical (unpaired) electrons. The van der Waals surface area contributed by atoms with Crippen molar-refractivity contribution in [3.05, 3.63) is 29.9 Å². The number of halogens is 4. The summed E-state index contributed by atoms with van der Waals surface area (Å²) in [6, 6.07) is 2.07. The third-order valence-corrected chi connectivity index (χ3v) is 3.90. The van der Waals surface area contributed by atoms with Crippen LogP contribution in [0.3, 0.4) is 0 Å². The van der Waals surface area contributed by atoms with E-state index >= 15 is 0 Å². The number of alkyl halides is 3. The van der Waals surface area contributed by atoms with Crippen LogP contribution in [0.4, 0.5) is 23.2 Å². The lowest BCUT2D eigenvalue weighted by atomic mass is 10.1. The fraction of sp³-hybridized carbons (Fsp3) is 0.444. The second-order valence-electron chi connectivity index (χ2n) is 7.41. The topological polar surface area (TPSA) is 94.8 Å². The number of carbonyl (C=O) groups is 2. The van der Waals surface area contributed by atoms with E-state index in [1.165, 1.54) is 6.07 Å². The number of rotatable bonds is 3. The van der Waals surface area contributed by atoms with E-state index in [1.54, 1.807) is 20.8 Å². The standard InChI is InChI=1S/C18H17F4N3O5/c1-17(2,3)29-15(27)12-7-28-8-13(26)25(12)9-4-5-10(11(19)6-9)14-23-16(30-24-14)18(20,21)22/h4-6,12H,7-8H2,1-3H3/t12-/m0/s1. The van der Waals surface area contributed by atoms with Gasteiger partial charge in [-0.25, -0.2) is 9.18 Å². The van der Waals surface area contributed by atoms with Crippen molar-refractivity contribution in [2.75, 3.05) is 18.1 Å². The van der Waals surface area contributed by atoms with Crippen molar-refractivity contribution >= 4 is 17.6 Å². The average molecular weight is 431 g/mol. The Morgan fingerprint density at radius 2 is 1.97 bits per heavy atom. The molecule has 1 saturated heterocycles. The summed E-state index contributed by atoms with van der Waals surface area (Å²) in [6.07, 6.45) is -4.87. The van der Waals surface area contributed by atoms with Gasteiger partial charge in [0.05, 0.1) is 12.2 Å². The van der Waals surface area contributed by atoms with Crippen LogP contribution in [0.1, 0.15) is 26.7 Å². The SMILES string of the molecule is CC(C)(C)OC(=O)[C@@H]1COCC(=O)N1c1ccc(-c2noc(C(F)(F)F)n2)c(F)c1. The van der Waals surface area contributed by atoms with E-state index in [2.05, 4.69) is 14.7 Å². The van der Waals surface area contributed by atoms with Gasteiger partial charge in [-0.1, -0.05) is 5.16 Å². The van der Waals surface area contributed by atoms with Crippen molar-refractivity contribution in [2.45, 2.75) is 38.6 Å². The molecule has 0 N–H and O–H groups in total. The first kappa shape index (κ1) is 21.7. The van der Waals surface area contributed by atoms with Crippen LogP contribution >= 0.6 is 0 Å². The molecule has 162 valence electrons. The lowest BCUT2D eigenvalue weighted by Crippen LogP contribution is -2.55. The summed E-state index contributed by atoms with van der Waals surface area (Å²) >= 11 is 0. The second-order valence-corrected chi connectivity index (χ2v) is 7.41. The molecule has 2 heterocycles. The number of carbonyl (C=O) groups excluding carboxylic acids is 2. The van der Waals surface area contributed by atoms with Crippen LogP contribution in [0.25, 0.3) is 11.4 Å². The van der Waals surface area contributed by atoms with Gasteiger partial charge in [0.1, 0.15) is 18.0 Å². The first-order chi connectivity index (χ1) is 13.9. The third-order valence-electron chi connectivity index (χ3n) is 3.90. The number of amides is 1. The van der Waals surface area contributed by atoms with E-state index < -0.39 is 47.2 Å². The van der Waals surface area contributed by atoms with Crippen molar-refractivity contribution in [3.63, 3.8) is 0 Å². The highest BCUT2D eigenvalue weighted by Gasteiger charge is 2.40. The molecule has 0 spiro atoms. The molecule has 1 aliphatic rings. The van der Waals surface area contributed by atoms with E-state index in [4.69, 9.17) is 9.47 Å². The fourth-order valence-electron chi connectivity index (χ4n) is 2.73. The first-order valence-corrected chi connectivity index (χ1v) is 8.70. The molecule has 0 unspecified atom stereocenters. The Bertz CT molecular complexity index is 967. The zero-order valence-corrected chi connectivity index (χ0v) is 16.1. The molecule has 1 fully saturated rings. The van der Waals surface area contributed by atoms with Crippen molar-refractivity contribution in [1.29, 1.82) is 0 Å². The first-order valence-electron chi connectivity index (χ1n) is 8.70. The molecular weight excluding hydrogens is 414 g/mol. The lowest BCUT2D eigenvalue weighted by Gasteiger charge is -2.35. The number of aromatic nitrogens is 2. The molecule has 2 aromatic rings. The number of hydrogen-bond donors (Lipinski definition) is 0. The van der Waals surface area contributed by atoms with Crippen molar-refractivity contribution in [1.82, 2.24) is 10.1 Å². The molecule has 1 aromatic heterocycles. The van der Waals surface area contributed by atoms with Crippen LogP contribution in [0.2, 0.25) is 0 Å². The van der Waals surface area contributed by atoms with Gasteiger partial charge in [0.15, 0.2) is 6.04 Å². The molecular formula is C18H17F4N3O5. The molecule has 1 atom stereocenters. The highest BCUT2D eigenvalue weighted by Crippen LogP contribution is 2.32. The number of morpholine rings is 1. The molecule has 12 heteroatoms. The molecule has 1 amide bonds. The van der Waals surface area contributed by atoms with E-state index in [1.807, 2.05) is 0 Å². The maximum absolute atomic E-state index is 14.6. The summed E-state index contributed by atoms with van der Waals surface area (Å²) in [5.41, 5.74) is -1.19. The summed E-state index contributed by atoms with van der Waals surface area (Å²) in [6.45, 7) is 4.45.